The van der Waals surface area contributed by atoms with Gasteiger partial charge in [-0.2, -0.15) is 0 Å². The molecule has 0 radical (unpaired) electrons. The number of ketones is 2. The Hall–Kier alpha value is -3.28. The molecule has 0 saturated heterocycles. The Morgan fingerprint density at radius 1 is 0.862 bits per heavy atom. The van der Waals surface area contributed by atoms with Crippen LogP contribution in [0.5, 0.6) is 0 Å². The quantitative estimate of drug-likeness (QED) is 0.468. The summed E-state index contributed by atoms with van der Waals surface area (Å²) < 4.78 is 5.09. The van der Waals surface area contributed by atoms with E-state index in [-0.39, 0.29) is 28.0 Å². The second-order valence-corrected chi connectivity index (χ2v) is 6.92. The van der Waals surface area contributed by atoms with Crippen molar-refractivity contribution in [2.75, 3.05) is 13.2 Å². The number of carbonyl (C=O) groups excluding carboxylic acids is 4. The predicted molar refractivity (Wildman–Crippen MR) is 107 cm³/mol. The van der Waals surface area contributed by atoms with Crippen LogP contribution in [0.4, 0.5) is 0 Å². The summed E-state index contributed by atoms with van der Waals surface area (Å²) in [5, 5.41) is 2.70. The molecule has 2 aromatic rings. The van der Waals surface area contributed by atoms with Gasteiger partial charge in [0.1, 0.15) is 0 Å². The molecule has 3 rings (SSSR count). The van der Waals surface area contributed by atoms with Crippen molar-refractivity contribution >= 4 is 23.4 Å². The topological polar surface area (TPSA) is 89.5 Å². The average molecular weight is 393 g/mol. The molecule has 6 nitrogen and oxygen atoms in total. The first-order valence-corrected chi connectivity index (χ1v) is 9.79. The lowest BCUT2D eigenvalue weighted by Crippen LogP contribution is -2.30. The Balaban J connectivity index is 1.69. The second kappa shape index (κ2) is 9.28. The predicted octanol–water partition coefficient (Wildman–Crippen LogP) is 3.32. The highest BCUT2D eigenvalue weighted by Gasteiger charge is 2.33. The summed E-state index contributed by atoms with van der Waals surface area (Å²) in [7, 11) is 0. The molecule has 0 spiro atoms. The number of esters is 1. The Bertz CT molecular complexity index is 963. The molecule has 6 heteroatoms. The minimum absolute atomic E-state index is 0.00824. The van der Waals surface area contributed by atoms with Crippen LogP contribution >= 0.6 is 0 Å². The number of rotatable bonds is 8. The van der Waals surface area contributed by atoms with Crippen molar-refractivity contribution in [2.24, 2.45) is 0 Å². The molecule has 0 unspecified atom stereocenters. The van der Waals surface area contributed by atoms with Crippen LogP contribution in [0.15, 0.2) is 42.5 Å². The highest BCUT2D eigenvalue weighted by Crippen LogP contribution is 2.29. The molecule has 0 aliphatic heterocycles. The van der Waals surface area contributed by atoms with Crippen LogP contribution in [0, 0.1) is 0 Å². The third-order valence-electron chi connectivity index (χ3n) is 4.86. The van der Waals surface area contributed by atoms with E-state index in [2.05, 4.69) is 12.2 Å². The maximum absolute atomic E-state index is 12.9. The zero-order valence-corrected chi connectivity index (χ0v) is 16.3. The summed E-state index contributed by atoms with van der Waals surface area (Å²) in [4.78, 5) is 50.0. The molecule has 1 aliphatic carbocycles. The van der Waals surface area contributed by atoms with Gasteiger partial charge in [0.05, 0.1) is 5.56 Å². The lowest BCUT2D eigenvalue weighted by Gasteiger charge is -2.19. The number of hydrogen-bond acceptors (Lipinski definition) is 5. The van der Waals surface area contributed by atoms with Crippen LogP contribution in [-0.4, -0.2) is 36.6 Å². The Morgan fingerprint density at radius 2 is 1.55 bits per heavy atom. The van der Waals surface area contributed by atoms with Crippen molar-refractivity contribution in [3.05, 3.63) is 70.3 Å². The van der Waals surface area contributed by atoms with E-state index in [1.165, 1.54) is 18.2 Å². The Kier molecular flexibility index (Phi) is 6.54. The molecule has 1 aliphatic rings. The van der Waals surface area contributed by atoms with Gasteiger partial charge in [-0.25, -0.2) is 4.79 Å². The van der Waals surface area contributed by atoms with E-state index < -0.39 is 24.3 Å². The van der Waals surface area contributed by atoms with Gasteiger partial charge >= 0.3 is 5.97 Å². The van der Waals surface area contributed by atoms with Gasteiger partial charge in [-0.3, -0.25) is 14.4 Å². The van der Waals surface area contributed by atoms with E-state index >= 15 is 0 Å². The van der Waals surface area contributed by atoms with Crippen molar-refractivity contribution in [2.45, 2.75) is 32.6 Å². The summed E-state index contributed by atoms with van der Waals surface area (Å²) in [6.45, 7) is 2.20. The highest BCUT2D eigenvalue weighted by atomic mass is 16.5. The number of unbranched alkanes of at least 4 members (excludes halogenated alkanes) is 3. The smallest absolute Gasteiger partial charge is 0.339 e. The molecule has 0 heterocycles. The van der Waals surface area contributed by atoms with Gasteiger partial charge in [0.15, 0.2) is 18.2 Å². The van der Waals surface area contributed by atoms with E-state index in [1.54, 1.807) is 24.3 Å². The third-order valence-corrected chi connectivity index (χ3v) is 4.86. The van der Waals surface area contributed by atoms with Crippen molar-refractivity contribution in [1.29, 1.82) is 0 Å². The normalized spacial score (nSPS) is 12.2. The molecule has 0 saturated carbocycles. The van der Waals surface area contributed by atoms with Crippen LogP contribution in [0.3, 0.4) is 0 Å². The SMILES string of the molecule is CCCCCCNC(=O)COC(=O)c1cccc2c1C(=O)c1ccccc1C2=O. The molecule has 1 N–H and O–H groups in total. The third kappa shape index (κ3) is 4.42. The van der Waals surface area contributed by atoms with E-state index in [9.17, 15) is 19.2 Å². The van der Waals surface area contributed by atoms with Crippen LogP contribution in [0.25, 0.3) is 0 Å². The largest absolute Gasteiger partial charge is 0.452 e. The summed E-state index contributed by atoms with van der Waals surface area (Å²) in [5.41, 5.74) is 0.767. The first-order chi connectivity index (χ1) is 14.0. The lowest BCUT2D eigenvalue weighted by atomic mass is 9.82. The van der Waals surface area contributed by atoms with Gasteiger partial charge in [0, 0.05) is 28.8 Å². The zero-order valence-electron chi connectivity index (χ0n) is 16.3. The molecule has 150 valence electrons. The molecule has 29 heavy (non-hydrogen) atoms. The molecule has 0 bridgehead atoms. The standard InChI is InChI=1S/C23H23NO5/c1-2-3-4-7-13-24-19(25)14-29-23(28)18-12-8-11-17-20(18)22(27)16-10-6-5-9-15(16)21(17)26/h5-6,8-12H,2-4,7,13-14H2,1H3,(H,24,25). The van der Waals surface area contributed by atoms with Crippen LogP contribution in [0.2, 0.25) is 0 Å². The molecule has 0 atom stereocenters. The van der Waals surface area contributed by atoms with Crippen molar-refractivity contribution in [3.8, 4) is 0 Å². The van der Waals surface area contributed by atoms with Gasteiger partial charge in [-0.1, -0.05) is 62.6 Å². The van der Waals surface area contributed by atoms with Crippen LogP contribution < -0.4 is 5.32 Å². The summed E-state index contributed by atoms with van der Waals surface area (Å²) in [6, 6.07) is 11.0. The molecular weight excluding hydrogens is 370 g/mol. The summed E-state index contributed by atoms with van der Waals surface area (Å²) >= 11 is 0. The van der Waals surface area contributed by atoms with E-state index in [0.717, 1.165) is 25.7 Å². The number of ether oxygens (including phenoxy) is 1. The summed E-state index contributed by atoms with van der Waals surface area (Å²) in [6.07, 6.45) is 4.12. The average Bonchev–Trinajstić information content (AvgIpc) is 2.75. The Labute approximate surface area is 169 Å². The molecule has 0 aromatic heterocycles. The van der Waals surface area contributed by atoms with Crippen molar-refractivity contribution < 1.29 is 23.9 Å². The number of benzene rings is 2. The van der Waals surface area contributed by atoms with Crippen molar-refractivity contribution in [3.63, 3.8) is 0 Å². The fourth-order valence-electron chi connectivity index (χ4n) is 3.35. The number of hydrogen-bond donors (Lipinski definition) is 1. The molecule has 2 aromatic carbocycles. The Morgan fingerprint density at radius 3 is 2.28 bits per heavy atom. The minimum Gasteiger partial charge on any atom is -0.452 e. The lowest BCUT2D eigenvalue weighted by molar-refractivity contribution is -0.124. The van der Waals surface area contributed by atoms with E-state index in [0.29, 0.717) is 12.1 Å². The maximum atomic E-state index is 12.9. The number of nitrogens with one attached hydrogen (secondary N) is 1. The molecule has 1 amide bonds. The fraction of sp³-hybridized carbons (Fsp3) is 0.304. The van der Waals surface area contributed by atoms with Gasteiger partial charge < -0.3 is 10.1 Å². The number of carbonyl (C=O) groups is 4. The molecular formula is C23H23NO5. The second-order valence-electron chi connectivity index (χ2n) is 6.92. The minimum atomic E-state index is -0.802. The highest BCUT2D eigenvalue weighted by molar-refractivity contribution is 6.30. The van der Waals surface area contributed by atoms with E-state index in [1.807, 2.05) is 0 Å². The monoisotopic (exact) mass is 393 g/mol. The maximum Gasteiger partial charge on any atom is 0.339 e. The van der Waals surface area contributed by atoms with Gasteiger partial charge in [0.25, 0.3) is 5.91 Å². The summed E-state index contributed by atoms with van der Waals surface area (Å²) in [5.74, 6) is -1.91. The number of fused-ring (bicyclic) bond motifs is 2. The van der Waals surface area contributed by atoms with Gasteiger partial charge in [0.2, 0.25) is 0 Å². The van der Waals surface area contributed by atoms with Gasteiger partial charge in [-0.05, 0) is 12.5 Å². The first kappa shape index (κ1) is 20.5. The van der Waals surface area contributed by atoms with Crippen LogP contribution in [0.1, 0.15) is 74.8 Å². The first-order valence-electron chi connectivity index (χ1n) is 9.79. The zero-order chi connectivity index (χ0) is 20.8. The van der Waals surface area contributed by atoms with Crippen LogP contribution in [-0.2, 0) is 9.53 Å². The van der Waals surface area contributed by atoms with E-state index in [4.69, 9.17) is 4.74 Å². The number of amides is 1. The fourth-order valence-corrected chi connectivity index (χ4v) is 3.35. The van der Waals surface area contributed by atoms with Crippen molar-refractivity contribution in [1.82, 2.24) is 5.32 Å². The molecule has 0 fully saturated rings. The van der Waals surface area contributed by atoms with Gasteiger partial charge in [-0.15, -0.1) is 0 Å².